The van der Waals surface area contributed by atoms with Crippen LogP contribution in [0.3, 0.4) is 0 Å². The number of anilines is 1. The van der Waals surface area contributed by atoms with E-state index in [2.05, 4.69) is 20.9 Å². The van der Waals surface area contributed by atoms with Crippen LogP contribution in [-0.2, 0) is 25.8 Å². The number of ether oxygens (including phenoxy) is 1. The highest BCUT2D eigenvalue weighted by Gasteiger charge is 2.78. The summed E-state index contributed by atoms with van der Waals surface area (Å²) >= 11 is 0. The Morgan fingerprint density at radius 3 is 2.56 bits per heavy atom. The minimum atomic E-state index is -1.19. The number of nitrogens with one attached hydrogen (secondary N) is 2. The molecule has 11 heteroatoms. The summed E-state index contributed by atoms with van der Waals surface area (Å²) < 4.78 is 8.27. The second-order valence-corrected chi connectivity index (χ2v) is 12.1. The second kappa shape index (κ2) is 10.2. The zero-order valence-electron chi connectivity index (χ0n) is 23.5. The van der Waals surface area contributed by atoms with Gasteiger partial charge in [0.2, 0.25) is 17.7 Å². The van der Waals surface area contributed by atoms with Crippen LogP contribution >= 0.6 is 0 Å². The van der Waals surface area contributed by atoms with Crippen molar-refractivity contribution in [1.82, 2.24) is 25.2 Å². The number of benzene rings is 2. The van der Waals surface area contributed by atoms with Crippen molar-refractivity contribution in [2.24, 2.45) is 17.8 Å². The van der Waals surface area contributed by atoms with Gasteiger partial charge in [0.15, 0.2) is 0 Å². The van der Waals surface area contributed by atoms with Gasteiger partial charge in [-0.05, 0) is 56.4 Å². The molecule has 0 aliphatic carbocycles. The fourth-order valence-corrected chi connectivity index (χ4v) is 7.30. The number of aliphatic hydroxyl groups is 1. The SMILES string of the molecule is CC(C)C[C@H](CO)N1C(=O)[C@@H]2[C@H](C(=O)Nc3ccccc3)[C@]3(C)CCC2(O3)C1C(=O)NCn1nnc2ccccc21. The Morgan fingerprint density at radius 2 is 1.83 bits per heavy atom. The van der Waals surface area contributed by atoms with Crippen molar-refractivity contribution in [2.75, 3.05) is 11.9 Å². The lowest BCUT2D eigenvalue weighted by Gasteiger charge is -2.37. The molecule has 1 aromatic heterocycles. The van der Waals surface area contributed by atoms with Gasteiger partial charge in [-0.15, -0.1) is 5.10 Å². The first-order valence-corrected chi connectivity index (χ1v) is 14.2. The lowest BCUT2D eigenvalue weighted by molar-refractivity contribution is -0.149. The Balaban J connectivity index is 1.35. The van der Waals surface area contributed by atoms with E-state index in [0.717, 1.165) is 5.52 Å². The smallest absolute Gasteiger partial charge is 0.247 e. The summed E-state index contributed by atoms with van der Waals surface area (Å²) in [5.74, 6) is -2.52. The topological polar surface area (TPSA) is 139 Å². The number of hydrogen-bond donors (Lipinski definition) is 3. The zero-order chi connectivity index (χ0) is 28.9. The summed E-state index contributed by atoms with van der Waals surface area (Å²) in [5, 5.41) is 24.7. The minimum Gasteiger partial charge on any atom is -0.394 e. The Bertz CT molecular complexity index is 1480. The van der Waals surface area contributed by atoms with Crippen LogP contribution in [0.25, 0.3) is 11.0 Å². The molecule has 3 amide bonds. The van der Waals surface area contributed by atoms with Gasteiger partial charge in [-0.1, -0.05) is 49.4 Å². The van der Waals surface area contributed by atoms with Crippen molar-refractivity contribution in [3.05, 3.63) is 54.6 Å². The fourth-order valence-electron chi connectivity index (χ4n) is 7.30. The van der Waals surface area contributed by atoms with Crippen molar-refractivity contribution in [3.8, 4) is 0 Å². The summed E-state index contributed by atoms with van der Waals surface area (Å²) in [6.07, 6.45) is 1.49. The molecule has 2 bridgehead atoms. The van der Waals surface area contributed by atoms with Crippen LogP contribution in [0.1, 0.15) is 40.0 Å². The number of hydrogen-bond acceptors (Lipinski definition) is 7. The van der Waals surface area contributed by atoms with Crippen molar-refractivity contribution >= 4 is 34.4 Å². The van der Waals surface area contributed by atoms with Crippen LogP contribution in [-0.4, -0.2) is 72.6 Å². The average molecular weight is 561 g/mol. The van der Waals surface area contributed by atoms with Crippen molar-refractivity contribution in [2.45, 2.75) is 70.0 Å². The third-order valence-corrected chi connectivity index (χ3v) is 8.96. The zero-order valence-corrected chi connectivity index (χ0v) is 23.5. The predicted octanol–water partition coefficient (Wildman–Crippen LogP) is 2.32. The first kappa shape index (κ1) is 27.3. The van der Waals surface area contributed by atoms with Gasteiger partial charge in [-0.3, -0.25) is 14.4 Å². The molecular formula is C30H36N6O5. The van der Waals surface area contributed by atoms with E-state index in [-0.39, 0.29) is 31.0 Å². The number of rotatable bonds is 9. The maximum atomic E-state index is 14.3. The summed E-state index contributed by atoms with van der Waals surface area (Å²) in [5.41, 5.74) is -0.00218. The average Bonchev–Trinajstić information content (AvgIpc) is 3.66. The van der Waals surface area contributed by atoms with Crippen LogP contribution in [0.5, 0.6) is 0 Å². The van der Waals surface area contributed by atoms with E-state index in [4.69, 9.17) is 4.74 Å². The van der Waals surface area contributed by atoms with E-state index in [0.29, 0.717) is 30.5 Å². The van der Waals surface area contributed by atoms with Gasteiger partial charge in [0.05, 0.1) is 35.6 Å². The highest BCUT2D eigenvalue weighted by Crippen LogP contribution is 2.63. The Hall–Kier alpha value is -3.83. The molecule has 3 fully saturated rings. The molecule has 2 aromatic carbocycles. The van der Waals surface area contributed by atoms with Crippen LogP contribution in [0.2, 0.25) is 0 Å². The Kier molecular flexibility index (Phi) is 6.82. The van der Waals surface area contributed by atoms with Gasteiger partial charge >= 0.3 is 0 Å². The third-order valence-electron chi connectivity index (χ3n) is 8.96. The quantitative estimate of drug-likeness (QED) is 0.365. The molecule has 216 valence electrons. The normalized spacial score (nSPS) is 29.2. The fraction of sp³-hybridized carbons (Fsp3) is 0.500. The molecule has 0 saturated carbocycles. The van der Waals surface area contributed by atoms with Crippen molar-refractivity contribution < 1.29 is 24.2 Å². The number of carbonyl (C=O) groups excluding carboxylic acids is 3. The summed E-state index contributed by atoms with van der Waals surface area (Å²) in [4.78, 5) is 43.7. The molecule has 11 nitrogen and oxygen atoms in total. The molecule has 1 spiro atoms. The number of nitrogens with zero attached hydrogens (tertiary/aromatic N) is 4. The van der Waals surface area contributed by atoms with Crippen molar-refractivity contribution in [3.63, 3.8) is 0 Å². The molecule has 6 atom stereocenters. The first-order chi connectivity index (χ1) is 19.7. The number of amides is 3. The van der Waals surface area contributed by atoms with E-state index >= 15 is 0 Å². The van der Waals surface area contributed by atoms with Crippen LogP contribution < -0.4 is 10.6 Å². The van der Waals surface area contributed by atoms with Crippen molar-refractivity contribution in [1.29, 1.82) is 0 Å². The van der Waals surface area contributed by atoms with Gasteiger partial charge in [-0.25, -0.2) is 4.68 Å². The lowest BCUT2D eigenvalue weighted by atomic mass is 9.66. The number of para-hydroxylation sites is 2. The van der Waals surface area contributed by atoms with Crippen LogP contribution in [0.15, 0.2) is 54.6 Å². The molecule has 3 aliphatic heterocycles. The van der Waals surface area contributed by atoms with E-state index in [1.54, 1.807) is 16.8 Å². The summed E-state index contributed by atoms with van der Waals surface area (Å²) in [6, 6.07) is 14.9. The number of aromatic nitrogens is 3. The number of fused-ring (bicyclic) bond motifs is 2. The molecule has 6 rings (SSSR count). The first-order valence-electron chi connectivity index (χ1n) is 14.2. The van der Waals surface area contributed by atoms with Gasteiger partial charge < -0.3 is 25.4 Å². The second-order valence-electron chi connectivity index (χ2n) is 12.1. The van der Waals surface area contributed by atoms with Crippen LogP contribution in [0.4, 0.5) is 5.69 Å². The van der Waals surface area contributed by atoms with E-state index in [9.17, 15) is 19.5 Å². The van der Waals surface area contributed by atoms with E-state index in [1.807, 2.05) is 63.2 Å². The molecule has 3 saturated heterocycles. The summed E-state index contributed by atoms with van der Waals surface area (Å²) in [6.45, 7) is 5.62. The van der Waals surface area contributed by atoms with Gasteiger partial charge in [0.1, 0.15) is 23.8 Å². The van der Waals surface area contributed by atoms with E-state index in [1.165, 1.54) is 4.90 Å². The number of aliphatic hydroxyl groups excluding tert-OH is 1. The van der Waals surface area contributed by atoms with Gasteiger partial charge in [0, 0.05) is 5.69 Å². The summed E-state index contributed by atoms with van der Waals surface area (Å²) in [7, 11) is 0. The Labute approximate surface area is 238 Å². The molecule has 3 N–H and O–H groups in total. The highest BCUT2D eigenvalue weighted by atomic mass is 16.5. The molecule has 41 heavy (non-hydrogen) atoms. The molecule has 4 heterocycles. The van der Waals surface area contributed by atoms with Crippen LogP contribution in [0, 0.1) is 17.8 Å². The van der Waals surface area contributed by atoms with Gasteiger partial charge in [-0.2, -0.15) is 0 Å². The molecule has 3 aliphatic rings. The number of carbonyl (C=O) groups is 3. The number of likely N-dealkylation sites (tertiary alicyclic amines) is 1. The predicted molar refractivity (Wildman–Crippen MR) is 150 cm³/mol. The maximum absolute atomic E-state index is 14.3. The highest BCUT2D eigenvalue weighted by molar-refractivity contribution is 6.02. The standard InChI is InChI=1S/C30H36N6O5/c1-18(2)15-20(16-37)36-25(27(39)31-17-35-22-12-8-7-11-21(22)33-34-35)30-14-13-29(3,41-30)23(24(30)28(36)40)26(38)32-19-9-5-4-6-10-19/h4-12,18,20,23-25,37H,13-17H2,1-3H3,(H,31,39)(H,32,38)/t20-,23-,24+,25?,29+,30?/m1/s1. The monoisotopic (exact) mass is 560 g/mol. The lowest BCUT2D eigenvalue weighted by Crippen LogP contribution is -2.58. The van der Waals surface area contributed by atoms with E-state index < -0.39 is 41.0 Å². The third kappa shape index (κ3) is 4.38. The Morgan fingerprint density at radius 1 is 1.10 bits per heavy atom. The molecular weight excluding hydrogens is 524 g/mol. The largest absolute Gasteiger partial charge is 0.394 e. The molecule has 2 unspecified atom stereocenters. The maximum Gasteiger partial charge on any atom is 0.247 e. The molecule has 0 radical (unpaired) electrons. The van der Waals surface area contributed by atoms with Gasteiger partial charge in [0.25, 0.3) is 0 Å². The minimum absolute atomic E-state index is 0.0434. The molecule has 3 aromatic rings.